The molecule has 5 nitrogen and oxygen atoms in total. The highest BCUT2D eigenvalue weighted by Gasteiger charge is 2.11. The fourth-order valence-corrected chi connectivity index (χ4v) is 1.93. The Kier molecular flexibility index (Phi) is 5.01. The zero-order valence-corrected chi connectivity index (χ0v) is 12.6. The number of amides is 1. The first kappa shape index (κ1) is 15.9. The smallest absolute Gasteiger partial charge is 0.341 e. The molecule has 0 aliphatic carbocycles. The second-order valence-corrected chi connectivity index (χ2v) is 5.08. The number of anilines is 1. The topological polar surface area (TPSA) is 75.6 Å². The van der Waals surface area contributed by atoms with E-state index in [1.807, 2.05) is 6.92 Å². The summed E-state index contributed by atoms with van der Waals surface area (Å²) in [5.41, 5.74) is 1.77. The van der Waals surface area contributed by atoms with Crippen LogP contribution < -0.4 is 10.1 Å². The lowest BCUT2D eigenvalue weighted by atomic mass is 10.1. The first-order valence-corrected chi connectivity index (χ1v) is 6.85. The van der Waals surface area contributed by atoms with Crippen molar-refractivity contribution in [2.45, 2.75) is 6.92 Å². The summed E-state index contributed by atoms with van der Waals surface area (Å²) in [6.07, 6.45) is 0. The van der Waals surface area contributed by atoms with Crippen LogP contribution in [-0.2, 0) is 4.79 Å². The molecule has 0 aliphatic heterocycles. The molecule has 0 fully saturated rings. The van der Waals surface area contributed by atoms with Gasteiger partial charge in [-0.15, -0.1) is 0 Å². The van der Waals surface area contributed by atoms with Crippen LogP contribution in [0.4, 0.5) is 5.69 Å². The molecule has 2 aromatic rings. The van der Waals surface area contributed by atoms with E-state index in [2.05, 4.69) is 5.32 Å². The van der Waals surface area contributed by atoms with Crippen LogP contribution in [0.15, 0.2) is 42.5 Å². The molecule has 114 valence electrons. The summed E-state index contributed by atoms with van der Waals surface area (Å²) in [5.74, 6) is -1.12. The van der Waals surface area contributed by atoms with E-state index in [4.69, 9.17) is 21.4 Å². The third-order valence-corrected chi connectivity index (χ3v) is 3.09. The summed E-state index contributed by atoms with van der Waals surface area (Å²) < 4.78 is 5.17. The van der Waals surface area contributed by atoms with Crippen LogP contribution in [0.1, 0.15) is 15.9 Å². The van der Waals surface area contributed by atoms with Crippen LogP contribution in [0.5, 0.6) is 5.75 Å². The van der Waals surface area contributed by atoms with E-state index in [-0.39, 0.29) is 5.91 Å². The molecule has 1 amide bonds. The monoisotopic (exact) mass is 319 g/mol. The number of aryl methyl sites for hydroxylation is 1. The summed E-state index contributed by atoms with van der Waals surface area (Å²) in [7, 11) is 0. The third-order valence-electron chi connectivity index (χ3n) is 2.84. The van der Waals surface area contributed by atoms with Gasteiger partial charge in [0.25, 0.3) is 5.91 Å². The molecule has 0 unspecified atom stereocenters. The van der Waals surface area contributed by atoms with Gasteiger partial charge >= 0.3 is 5.97 Å². The standard InChI is InChI=1S/C16H14ClNO4/c1-10-2-7-14(22-9-15(19)20)13(8-10)18-16(21)11-3-5-12(17)6-4-11/h2-8H,9H2,1H3,(H,18,21)(H,19,20). The van der Waals surface area contributed by atoms with Gasteiger partial charge in [-0.2, -0.15) is 0 Å². The third kappa shape index (κ3) is 4.23. The second-order valence-electron chi connectivity index (χ2n) is 4.64. The first-order chi connectivity index (χ1) is 10.5. The number of rotatable bonds is 5. The lowest BCUT2D eigenvalue weighted by Gasteiger charge is -2.12. The lowest BCUT2D eigenvalue weighted by molar-refractivity contribution is -0.139. The van der Waals surface area contributed by atoms with Crippen LogP contribution in [0.2, 0.25) is 5.02 Å². The van der Waals surface area contributed by atoms with Crippen molar-refractivity contribution in [3.63, 3.8) is 0 Å². The number of carbonyl (C=O) groups is 2. The average molecular weight is 320 g/mol. The van der Waals surface area contributed by atoms with E-state index in [0.717, 1.165) is 5.56 Å². The van der Waals surface area contributed by atoms with Crippen LogP contribution in [0.3, 0.4) is 0 Å². The Bertz CT molecular complexity index is 698. The molecule has 0 aromatic heterocycles. The normalized spacial score (nSPS) is 10.1. The number of hydrogen-bond donors (Lipinski definition) is 2. The Balaban J connectivity index is 2.20. The summed E-state index contributed by atoms with van der Waals surface area (Å²) in [4.78, 5) is 22.8. The van der Waals surface area contributed by atoms with E-state index in [0.29, 0.717) is 22.0 Å². The maximum atomic E-state index is 12.2. The van der Waals surface area contributed by atoms with E-state index in [9.17, 15) is 9.59 Å². The molecule has 2 rings (SSSR count). The van der Waals surface area contributed by atoms with Gasteiger partial charge in [-0.1, -0.05) is 17.7 Å². The van der Waals surface area contributed by atoms with Gasteiger partial charge in [-0.3, -0.25) is 4.79 Å². The Labute approximate surface area is 132 Å². The first-order valence-electron chi connectivity index (χ1n) is 6.48. The molecular formula is C16H14ClNO4. The number of halogens is 1. The number of benzene rings is 2. The van der Waals surface area contributed by atoms with Gasteiger partial charge in [0, 0.05) is 10.6 Å². The Morgan fingerprint density at radius 2 is 1.86 bits per heavy atom. The molecule has 0 spiro atoms. The number of carboxylic acids is 1. The van der Waals surface area contributed by atoms with Gasteiger partial charge in [0.1, 0.15) is 5.75 Å². The van der Waals surface area contributed by atoms with E-state index < -0.39 is 12.6 Å². The van der Waals surface area contributed by atoms with Gasteiger partial charge in [0.2, 0.25) is 0 Å². The Hall–Kier alpha value is -2.53. The van der Waals surface area contributed by atoms with Crippen LogP contribution in [-0.4, -0.2) is 23.6 Å². The Morgan fingerprint density at radius 1 is 1.18 bits per heavy atom. The Morgan fingerprint density at radius 3 is 2.50 bits per heavy atom. The summed E-state index contributed by atoms with van der Waals surface area (Å²) in [6, 6.07) is 11.6. The summed E-state index contributed by atoms with van der Waals surface area (Å²) >= 11 is 5.79. The highest BCUT2D eigenvalue weighted by molar-refractivity contribution is 6.30. The van der Waals surface area contributed by atoms with Crippen molar-refractivity contribution in [3.05, 3.63) is 58.6 Å². The zero-order valence-electron chi connectivity index (χ0n) is 11.8. The summed E-state index contributed by atoms with van der Waals surface area (Å²) in [6.45, 7) is 1.38. The molecule has 0 radical (unpaired) electrons. The largest absolute Gasteiger partial charge is 0.480 e. The molecule has 0 saturated heterocycles. The fourth-order valence-electron chi connectivity index (χ4n) is 1.80. The van der Waals surface area contributed by atoms with Crippen LogP contribution >= 0.6 is 11.6 Å². The molecule has 0 aliphatic rings. The molecule has 0 saturated carbocycles. The van der Waals surface area contributed by atoms with Gasteiger partial charge < -0.3 is 15.2 Å². The fraction of sp³-hybridized carbons (Fsp3) is 0.125. The maximum Gasteiger partial charge on any atom is 0.341 e. The van der Waals surface area contributed by atoms with Gasteiger partial charge in [-0.25, -0.2) is 4.79 Å². The molecule has 0 heterocycles. The van der Waals surface area contributed by atoms with Gasteiger partial charge in [0.15, 0.2) is 6.61 Å². The van der Waals surface area contributed by atoms with Crippen molar-refractivity contribution in [2.24, 2.45) is 0 Å². The van der Waals surface area contributed by atoms with Crippen molar-refractivity contribution in [1.82, 2.24) is 0 Å². The lowest BCUT2D eigenvalue weighted by Crippen LogP contribution is -2.15. The van der Waals surface area contributed by atoms with Crippen molar-refractivity contribution >= 4 is 29.2 Å². The molecule has 2 N–H and O–H groups in total. The number of carbonyl (C=O) groups excluding carboxylic acids is 1. The van der Waals surface area contributed by atoms with Crippen molar-refractivity contribution in [2.75, 3.05) is 11.9 Å². The molecule has 0 bridgehead atoms. The molecule has 22 heavy (non-hydrogen) atoms. The van der Waals surface area contributed by atoms with Crippen molar-refractivity contribution < 1.29 is 19.4 Å². The maximum absolute atomic E-state index is 12.2. The number of nitrogens with one attached hydrogen (secondary N) is 1. The molecular weight excluding hydrogens is 306 g/mol. The predicted molar refractivity (Wildman–Crippen MR) is 83.7 cm³/mol. The van der Waals surface area contributed by atoms with Crippen molar-refractivity contribution in [1.29, 1.82) is 0 Å². The zero-order chi connectivity index (χ0) is 16.1. The quantitative estimate of drug-likeness (QED) is 0.886. The molecule has 6 heteroatoms. The van der Waals surface area contributed by atoms with Gasteiger partial charge in [0.05, 0.1) is 5.69 Å². The second kappa shape index (κ2) is 6.95. The predicted octanol–water partition coefficient (Wildman–Crippen LogP) is 3.36. The molecule has 0 atom stereocenters. The summed E-state index contributed by atoms with van der Waals surface area (Å²) in [5, 5.41) is 11.9. The number of hydrogen-bond acceptors (Lipinski definition) is 3. The van der Waals surface area contributed by atoms with E-state index in [1.165, 1.54) is 0 Å². The van der Waals surface area contributed by atoms with Crippen LogP contribution in [0.25, 0.3) is 0 Å². The van der Waals surface area contributed by atoms with Gasteiger partial charge in [-0.05, 0) is 48.9 Å². The SMILES string of the molecule is Cc1ccc(OCC(=O)O)c(NC(=O)c2ccc(Cl)cc2)c1. The highest BCUT2D eigenvalue weighted by atomic mass is 35.5. The van der Waals surface area contributed by atoms with Crippen molar-refractivity contribution in [3.8, 4) is 5.75 Å². The number of ether oxygens (including phenoxy) is 1. The number of carboxylic acid groups (broad SMARTS) is 1. The van der Waals surface area contributed by atoms with E-state index >= 15 is 0 Å². The average Bonchev–Trinajstić information content (AvgIpc) is 2.47. The number of aliphatic carboxylic acids is 1. The van der Waals surface area contributed by atoms with Crippen LogP contribution in [0, 0.1) is 6.92 Å². The molecule has 2 aromatic carbocycles. The minimum Gasteiger partial charge on any atom is -0.480 e. The minimum absolute atomic E-state index is 0.301. The highest BCUT2D eigenvalue weighted by Crippen LogP contribution is 2.26. The van der Waals surface area contributed by atoms with E-state index in [1.54, 1.807) is 42.5 Å². The minimum atomic E-state index is -1.09.